The van der Waals surface area contributed by atoms with E-state index in [0.29, 0.717) is 4.90 Å². The van der Waals surface area contributed by atoms with Gasteiger partial charge in [-0.15, -0.1) is 10.6 Å². The topological polar surface area (TPSA) is 40.5 Å². The molecule has 1 aliphatic rings. The molecule has 0 bridgehead atoms. The normalized spacial score (nSPS) is 21.3. The van der Waals surface area contributed by atoms with E-state index < -0.39 is 10.6 Å². The van der Waals surface area contributed by atoms with Crippen LogP contribution in [0.15, 0.2) is 28.5 Å². The summed E-state index contributed by atoms with van der Waals surface area (Å²) < 4.78 is 18.8. The van der Waals surface area contributed by atoms with Crippen molar-refractivity contribution in [3.8, 4) is 0 Å². The average molecular weight is 167 g/mol. The molecule has 0 saturated carbocycles. The van der Waals surface area contributed by atoms with E-state index in [0.717, 1.165) is 5.56 Å². The van der Waals surface area contributed by atoms with E-state index in [2.05, 4.69) is 6.07 Å². The molecule has 1 heterocycles. The van der Waals surface area contributed by atoms with Crippen LogP contribution in [-0.2, 0) is 0 Å². The first-order valence-corrected chi connectivity index (χ1v) is 4.77. The van der Waals surface area contributed by atoms with Crippen LogP contribution in [0.5, 0.6) is 0 Å². The number of benzene rings is 1. The first kappa shape index (κ1) is 6.91. The van der Waals surface area contributed by atoms with E-state index in [9.17, 15) is 9.11 Å². The van der Waals surface area contributed by atoms with Gasteiger partial charge in [-0.3, -0.25) is 9.11 Å². The van der Waals surface area contributed by atoms with Crippen molar-refractivity contribution in [3.63, 3.8) is 0 Å². The number of fused-ring (bicyclic) bond motifs is 1. The van der Waals surface area contributed by atoms with Crippen LogP contribution < -0.4 is 0 Å². The maximum absolute atomic E-state index is 9.38. The highest BCUT2D eigenvalue weighted by atomic mass is 32.3. The lowest BCUT2D eigenvalue weighted by Crippen LogP contribution is -1.90. The fourth-order valence-electron chi connectivity index (χ4n) is 1.07. The predicted molar refractivity (Wildman–Crippen MR) is 45.4 cm³/mol. The summed E-state index contributed by atoms with van der Waals surface area (Å²) in [6.45, 7) is 0. The zero-order chi connectivity index (χ0) is 7.90. The highest BCUT2D eigenvalue weighted by Crippen LogP contribution is 2.55. The van der Waals surface area contributed by atoms with Gasteiger partial charge in [0, 0.05) is 5.41 Å². The van der Waals surface area contributed by atoms with Gasteiger partial charge in [0.05, 0.1) is 4.90 Å². The molecule has 0 atom stereocenters. The lowest BCUT2D eigenvalue weighted by molar-refractivity contribution is 0.500. The molecule has 57 valence electrons. The van der Waals surface area contributed by atoms with Gasteiger partial charge < -0.3 is 0 Å². The van der Waals surface area contributed by atoms with Gasteiger partial charge in [0.25, 0.3) is 0 Å². The summed E-state index contributed by atoms with van der Waals surface area (Å²) in [6.07, 6.45) is 1.71. The van der Waals surface area contributed by atoms with Crippen LogP contribution >= 0.6 is 10.6 Å². The molecule has 0 aromatic heterocycles. The minimum atomic E-state index is -2.61. The molecule has 0 aliphatic carbocycles. The Morgan fingerprint density at radius 3 is 2.91 bits per heavy atom. The minimum absolute atomic E-state index is 0.608. The van der Waals surface area contributed by atoms with Crippen LogP contribution in [0.3, 0.4) is 0 Å². The quantitative estimate of drug-likeness (QED) is 0.623. The molecule has 3 heteroatoms. The Bertz CT molecular complexity index is 318. The Morgan fingerprint density at radius 1 is 1.36 bits per heavy atom. The minimum Gasteiger partial charge on any atom is -0.291 e. The highest BCUT2D eigenvalue weighted by molar-refractivity contribution is 8.27. The van der Waals surface area contributed by atoms with E-state index in [-0.39, 0.29) is 0 Å². The Balaban J connectivity index is 2.64. The SMILES string of the molecule is OS1(O)C=Cc2c[c]ccc21. The van der Waals surface area contributed by atoms with Crippen molar-refractivity contribution in [2.45, 2.75) is 4.90 Å². The molecule has 2 nitrogen and oxygen atoms in total. The fraction of sp³-hybridized carbons (Fsp3) is 0. The van der Waals surface area contributed by atoms with E-state index >= 15 is 0 Å². The molecule has 0 spiro atoms. The third-order valence-corrected chi connectivity index (χ3v) is 3.15. The second kappa shape index (κ2) is 2.11. The lowest BCUT2D eigenvalue weighted by atomic mass is 10.2. The van der Waals surface area contributed by atoms with E-state index in [1.54, 1.807) is 24.3 Å². The van der Waals surface area contributed by atoms with Crippen molar-refractivity contribution in [2.24, 2.45) is 0 Å². The Hall–Kier alpha value is -0.770. The van der Waals surface area contributed by atoms with Crippen LogP contribution in [0.25, 0.3) is 6.08 Å². The van der Waals surface area contributed by atoms with Crippen LogP contribution in [0.2, 0.25) is 0 Å². The molecular formula is C8H7O2S. The Labute approximate surface area is 66.5 Å². The zero-order valence-corrected chi connectivity index (χ0v) is 6.51. The average Bonchev–Trinajstić information content (AvgIpc) is 2.29. The van der Waals surface area contributed by atoms with Gasteiger partial charge >= 0.3 is 0 Å². The molecular weight excluding hydrogens is 160 g/mol. The summed E-state index contributed by atoms with van der Waals surface area (Å²) in [5.41, 5.74) is 0.854. The third kappa shape index (κ3) is 0.976. The molecule has 1 aromatic rings. The molecule has 0 fully saturated rings. The van der Waals surface area contributed by atoms with Crippen molar-refractivity contribution in [1.29, 1.82) is 0 Å². The Morgan fingerprint density at radius 2 is 2.18 bits per heavy atom. The van der Waals surface area contributed by atoms with E-state index in [4.69, 9.17) is 0 Å². The molecule has 2 N–H and O–H groups in total. The van der Waals surface area contributed by atoms with Gasteiger partial charge in [0.1, 0.15) is 0 Å². The Kier molecular flexibility index (Phi) is 1.32. The maximum Gasteiger partial charge on any atom is 0.0703 e. The highest BCUT2D eigenvalue weighted by Gasteiger charge is 2.19. The summed E-state index contributed by atoms with van der Waals surface area (Å²) in [5, 5.41) is 1.44. The van der Waals surface area contributed by atoms with Gasteiger partial charge in [-0.1, -0.05) is 6.07 Å². The van der Waals surface area contributed by atoms with Crippen molar-refractivity contribution >= 4 is 16.7 Å². The summed E-state index contributed by atoms with van der Waals surface area (Å²) in [7, 11) is -2.61. The number of rotatable bonds is 0. The summed E-state index contributed by atoms with van der Waals surface area (Å²) in [4.78, 5) is 0.608. The van der Waals surface area contributed by atoms with Crippen molar-refractivity contribution in [3.05, 3.63) is 35.2 Å². The fourth-order valence-corrected chi connectivity index (χ4v) is 2.30. The first-order chi connectivity index (χ1) is 5.20. The largest absolute Gasteiger partial charge is 0.291 e. The second-order valence-corrected chi connectivity index (χ2v) is 4.26. The predicted octanol–water partition coefficient (Wildman–Crippen LogP) is 2.58. The van der Waals surface area contributed by atoms with Crippen LogP contribution in [-0.4, -0.2) is 9.11 Å². The van der Waals surface area contributed by atoms with Crippen LogP contribution in [0, 0.1) is 6.07 Å². The summed E-state index contributed by atoms with van der Waals surface area (Å²) in [6, 6.07) is 7.98. The standard InChI is InChI=1S/C8H7O2S/c9-11(10)6-5-7-3-1-2-4-8(7)11/h2-6,9-10H. The molecule has 1 aromatic carbocycles. The molecule has 11 heavy (non-hydrogen) atoms. The van der Waals surface area contributed by atoms with Gasteiger partial charge in [-0.25, -0.2) is 0 Å². The second-order valence-electron chi connectivity index (χ2n) is 2.36. The lowest BCUT2D eigenvalue weighted by Gasteiger charge is -2.24. The van der Waals surface area contributed by atoms with Gasteiger partial charge in [0.15, 0.2) is 0 Å². The van der Waals surface area contributed by atoms with Crippen molar-refractivity contribution in [2.75, 3.05) is 0 Å². The van der Waals surface area contributed by atoms with Crippen molar-refractivity contribution < 1.29 is 9.11 Å². The van der Waals surface area contributed by atoms with Gasteiger partial charge in [0.2, 0.25) is 0 Å². The molecule has 0 amide bonds. The molecule has 1 aliphatic heterocycles. The number of hydrogen-bond acceptors (Lipinski definition) is 2. The van der Waals surface area contributed by atoms with Crippen LogP contribution in [0.4, 0.5) is 0 Å². The molecule has 0 saturated heterocycles. The van der Waals surface area contributed by atoms with E-state index in [1.165, 1.54) is 5.41 Å². The first-order valence-electron chi connectivity index (χ1n) is 3.17. The zero-order valence-electron chi connectivity index (χ0n) is 5.69. The molecule has 0 unspecified atom stereocenters. The van der Waals surface area contributed by atoms with Gasteiger partial charge in [-0.05, 0) is 29.8 Å². The van der Waals surface area contributed by atoms with Gasteiger partial charge in [-0.2, -0.15) is 0 Å². The third-order valence-electron chi connectivity index (χ3n) is 1.62. The van der Waals surface area contributed by atoms with E-state index in [1.807, 2.05) is 0 Å². The van der Waals surface area contributed by atoms with Crippen LogP contribution in [0.1, 0.15) is 5.56 Å². The monoisotopic (exact) mass is 167 g/mol. The smallest absolute Gasteiger partial charge is 0.0703 e. The number of hydrogen-bond donors (Lipinski definition) is 2. The van der Waals surface area contributed by atoms with Crippen molar-refractivity contribution in [1.82, 2.24) is 0 Å². The summed E-state index contributed by atoms with van der Waals surface area (Å²) >= 11 is 0. The molecule has 1 radical (unpaired) electrons. The summed E-state index contributed by atoms with van der Waals surface area (Å²) in [5.74, 6) is 0. The maximum atomic E-state index is 9.38. The molecule has 2 rings (SSSR count).